The van der Waals surface area contributed by atoms with Crippen molar-refractivity contribution < 1.29 is 4.79 Å². The van der Waals surface area contributed by atoms with E-state index in [1.807, 2.05) is 11.0 Å². The average molecular weight is 202 g/mol. The number of carbonyl (C=O) groups excluding carboxylic acids is 1. The van der Waals surface area contributed by atoms with E-state index in [9.17, 15) is 4.79 Å². The Hall–Kier alpha value is -1.31. The van der Waals surface area contributed by atoms with Crippen LogP contribution in [0.1, 0.15) is 24.8 Å². The second-order valence-corrected chi connectivity index (χ2v) is 4.01. The quantitative estimate of drug-likeness (QED) is 0.684. The van der Waals surface area contributed by atoms with Gasteiger partial charge in [0.1, 0.15) is 0 Å². The Kier molecular flexibility index (Phi) is 3.05. The van der Waals surface area contributed by atoms with Crippen molar-refractivity contribution in [2.24, 2.45) is 0 Å². The molecule has 0 spiro atoms. The molecule has 1 aromatic rings. The number of carbonyl (C=O) groups is 1. The Labute approximate surface area is 90.9 Å². The normalized spacial score (nSPS) is 21.4. The summed E-state index contributed by atoms with van der Waals surface area (Å²) in [7, 11) is 0. The Morgan fingerprint density at radius 3 is 2.73 bits per heavy atom. The lowest BCUT2D eigenvalue weighted by atomic mass is 9.91. The van der Waals surface area contributed by atoms with E-state index < -0.39 is 0 Å². The number of hydrogen-bond acceptors (Lipinski definition) is 1. The second kappa shape index (κ2) is 4.47. The minimum absolute atomic E-state index is 0.184. The molecule has 1 aliphatic heterocycles. The van der Waals surface area contributed by atoms with Crippen LogP contribution in [0.15, 0.2) is 30.3 Å². The lowest BCUT2D eigenvalue weighted by Crippen LogP contribution is -2.37. The van der Waals surface area contributed by atoms with E-state index >= 15 is 0 Å². The van der Waals surface area contributed by atoms with E-state index in [-0.39, 0.29) is 5.91 Å². The third-order valence-corrected chi connectivity index (χ3v) is 2.94. The molecular weight excluding hydrogens is 186 g/mol. The predicted octanol–water partition coefficient (Wildman–Crippen LogP) is 2.23. The topological polar surface area (TPSA) is 20.3 Å². The van der Waals surface area contributed by atoms with Crippen LogP contribution in [0.3, 0.4) is 0 Å². The summed E-state index contributed by atoms with van der Waals surface area (Å²) in [5.74, 6) is 0.591. The fourth-order valence-electron chi connectivity index (χ4n) is 2.06. The summed E-state index contributed by atoms with van der Waals surface area (Å²) in [6, 6.07) is 10.4. The summed E-state index contributed by atoms with van der Waals surface area (Å²) in [5.41, 5.74) is 1.31. The maximum Gasteiger partial charge on any atom is 0.219 e. The van der Waals surface area contributed by atoms with Crippen LogP contribution in [0, 0.1) is 6.42 Å². The highest BCUT2D eigenvalue weighted by atomic mass is 16.2. The molecule has 0 aliphatic carbocycles. The SMILES string of the molecule is CC(=O)N1CC[CH]C(c2ccccc2)C1. The smallest absolute Gasteiger partial charge is 0.219 e. The monoisotopic (exact) mass is 202 g/mol. The Morgan fingerprint density at radius 2 is 2.07 bits per heavy atom. The number of rotatable bonds is 1. The molecule has 1 amide bonds. The minimum atomic E-state index is 0.184. The van der Waals surface area contributed by atoms with Crippen molar-refractivity contribution in [1.29, 1.82) is 0 Å². The molecule has 2 rings (SSSR count). The highest BCUT2D eigenvalue weighted by Crippen LogP contribution is 2.25. The zero-order valence-corrected chi connectivity index (χ0v) is 9.02. The second-order valence-electron chi connectivity index (χ2n) is 4.01. The first kappa shape index (κ1) is 10.2. The Bertz CT molecular complexity index is 334. The molecule has 0 bridgehead atoms. The van der Waals surface area contributed by atoms with Crippen LogP contribution in [0.5, 0.6) is 0 Å². The van der Waals surface area contributed by atoms with Crippen molar-refractivity contribution in [2.45, 2.75) is 19.3 Å². The number of amides is 1. The molecule has 2 heteroatoms. The van der Waals surface area contributed by atoms with Gasteiger partial charge in [-0.25, -0.2) is 0 Å². The highest BCUT2D eigenvalue weighted by molar-refractivity contribution is 5.73. The van der Waals surface area contributed by atoms with Gasteiger partial charge in [0.25, 0.3) is 0 Å². The highest BCUT2D eigenvalue weighted by Gasteiger charge is 2.22. The molecule has 1 atom stereocenters. The Balaban J connectivity index is 2.08. The first-order chi connectivity index (χ1) is 7.27. The summed E-state index contributed by atoms with van der Waals surface area (Å²) in [5, 5.41) is 0. The molecule has 1 fully saturated rings. The van der Waals surface area contributed by atoms with E-state index in [4.69, 9.17) is 0 Å². The maximum absolute atomic E-state index is 11.3. The summed E-state index contributed by atoms with van der Waals surface area (Å²) >= 11 is 0. The number of likely N-dealkylation sites (tertiary alicyclic amines) is 1. The van der Waals surface area contributed by atoms with Crippen molar-refractivity contribution in [3.8, 4) is 0 Å². The molecule has 15 heavy (non-hydrogen) atoms. The predicted molar refractivity (Wildman–Crippen MR) is 60.4 cm³/mol. The third-order valence-electron chi connectivity index (χ3n) is 2.94. The van der Waals surface area contributed by atoms with Gasteiger partial charge < -0.3 is 4.90 Å². The summed E-state index contributed by atoms with van der Waals surface area (Å²) < 4.78 is 0. The molecule has 79 valence electrons. The molecule has 2 nitrogen and oxygen atoms in total. The zero-order chi connectivity index (χ0) is 10.7. The molecule has 1 aromatic carbocycles. The van der Waals surface area contributed by atoms with Crippen molar-refractivity contribution in [3.05, 3.63) is 42.3 Å². The first-order valence-electron chi connectivity index (χ1n) is 5.41. The fourth-order valence-corrected chi connectivity index (χ4v) is 2.06. The third kappa shape index (κ3) is 2.38. The van der Waals surface area contributed by atoms with Crippen molar-refractivity contribution in [1.82, 2.24) is 4.90 Å². The molecule has 1 saturated heterocycles. The van der Waals surface area contributed by atoms with Crippen LogP contribution in [0.25, 0.3) is 0 Å². The van der Waals surface area contributed by atoms with Gasteiger partial charge in [0.2, 0.25) is 5.91 Å². The number of hydrogen-bond donors (Lipinski definition) is 0. The van der Waals surface area contributed by atoms with Crippen LogP contribution in [0.4, 0.5) is 0 Å². The molecule has 1 unspecified atom stereocenters. The molecule has 1 radical (unpaired) electrons. The van der Waals surface area contributed by atoms with E-state index in [1.165, 1.54) is 5.56 Å². The summed E-state index contributed by atoms with van der Waals surface area (Å²) in [6.45, 7) is 3.35. The van der Waals surface area contributed by atoms with E-state index in [1.54, 1.807) is 6.92 Å². The lowest BCUT2D eigenvalue weighted by molar-refractivity contribution is -0.129. The zero-order valence-electron chi connectivity index (χ0n) is 9.02. The van der Waals surface area contributed by atoms with Crippen LogP contribution in [0.2, 0.25) is 0 Å². The van der Waals surface area contributed by atoms with Crippen LogP contribution >= 0.6 is 0 Å². The molecule has 0 saturated carbocycles. The first-order valence-corrected chi connectivity index (χ1v) is 5.41. The number of nitrogens with zero attached hydrogens (tertiary/aromatic N) is 1. The summed E-state index contributed by atoms with van der Waals surface area (Å²) in [6.07, 6.45) is 3.31. The number of piperidine rings is 1. The van der Waals surface area contributed by atoms with Gasteiger partial charge in [-0.1, -0.05) is 30.3 Å². The van der Waals surface area contributed by atoms with Crippen molar-refractivity contribution in [2.75, 3.05) is 13.1 Å². The van der Waals surface area contributed by atoms with E-state index in [2.05, 4.69) is 30.7 Å². The Morgan fingerprint density at radius 1 is 1.33 bits per heavy atom. The molecular formula is C13H16NO. The fraction of sp³-hybridized carbons (Fsp3) is 0.385. The van der Waals surface area contributed by atoms with Crippen LogP contribution in [-0.4, -0.2) is 23.9 Å². The van der Waals surface area contributed by atoms with Crippen molar-refractivity contribution in [3.63, 3.8) is 0 Å². The van der Waals surface area contributed by atoms with Gasteiger partial charge >= 0.3 is 0 Å². The maximum atomic E-state index is 11.3. The van der Waals surface area contributed by atoms with E-state index in [0.717, 1.165) is 19.5 Å². The van der Waals surface area contributed by atoms with Gasteiger partial charge in [-0.2, -0.15) is 0 Å². The largest absolute Gasteiger partial charge is 0.342 e. The molecule has 1 aliphatic rings. The molecule has 0 N–H and O–H groups in total. The average Bonchev–Trinajstić information content (AvgIpc) is 2.30. The minimum Gasteiger partial charge on any atom is -0.342 e. The van der Waals surface area contributed by atoms with Crippen LogP contribution < -0.4 is 0 Å². The van der Waals surface area contributed by atoms with Gasteiger partial charge in [-0.05, 0) is 18.4 Å². The van der Waals surface area contributed by atoms with Crippen molar-refractivity contribution >= 4 is 5.91 Å². The molecule has 1 heterocycles. The van der Waals surface area contributed by atoms with Gasteiger partial charge in [0.05, 0.1) is 0 Å². The van der Waals surface area contributed by atoms with Gasteiger partial charge in [-0.15, -0.1) is 0 Å². The molecule has 0 aromatic heterocycles. The van der Waals surface area contributed by atoms with Crippen LogP contribution in [-0.2, 0) is 4.79 Å². The standard InChI is InChI=1S/C13H16NO/c1-11(15)14-9-5-8-13(10-14)12-6-3-2-4-7-12/h2-4,6-8,13H,5,9-10H2,1H3. The number of benzene rings is 1. The summed E-state index contributed by atoms with van der Waals surface area (Å²) in [4.78, 5) is 13.2. The van der Waals surface area contributed by atoms with Gasteiger partial charge in [0.15, 0.2) is 0 Å². The van der Waals surface area contributed by atoms with Gasteiger partial charge in [0, 0.05) is 25.9 Å². The lowest BCUT2D eigenvalue weighted by Gasteiger charge is -2.32. The van der Waals surface area contributed by atoms with E-state index in [0.29, 0.717) is 5.92 Å². The van der Waals surface area contributed by atoms with Gasteiger partial charge in [-0.3, -0.25) is 4.79 Å².